The number of ether oxygens (including phenoxy) is 1. The van der Waals surface area contributed by atoms with Gasteiger partial charge in [-0.25, -0.2) is 15.0 Å². The molecule has 3 heterocycles. The lowest BCUT2D eigenvalue weighted by molar-refractivity contribution is 0.189. The maximum absolute atomic E-state index is 13.4. The molecule has 0 spiro atoms. The van der Waals surface area contributed by atoms with Gasteiger partial charge in [0.2, 0.25) is 0 Å². The van der Waals surface area contributed by atoms with Gasteiger partial charge in [0.15, 0.2) is 11.3 Å². The van der Waals surface area contributed by atoms with Crippen molar-refractivity contribution in [3.63, 3.8) is 0 Å². The molecule has 2 aromatic carbocycles. The summed E-state index contributed by atoms with van der Waals surface area (Å²) >= 11 is 0. The summed E-state index contributed by atoms with van der Waals surface area (Å²) in [7, 11) is 1.65. The van der Waals surface area contributed by atoms with E-state index in [2.05, 4.69) is 4.98 Å². The second-order valence-corrected chi connectivity index (χ2v) is 7.39. The van der Waals surface area contributed by atoms with Gasteiger partial charge in [-0.15, -0.1) is 0 Å². The Hall–Kier alpha value is -3.58. The van der Waals surface area contributed by atoms with Gasteiger partial charge in [-0.2, -0.15) is 0 Å². The maximum atomic E-state index is 13.4. The molecule has 0 aliphatic rings. The van der Waals surface area contributed by atoms with Gasteiger partial charge in [0.25, 0.3) is 5.56 Å². The molecule has 3 aromatic heterocycles. The number of aryl methyl sites for hydroxylation is 1. The quantitative estimate of drug-likeness (QED) is 0.453. The molecule has 7 heteroatoms. The summed E-state index contributed by atoms with van der Waals surface area (Å²) in [5.74, 6) is 0. The highest BCUT2D eigenvalue weighted by Gasteiger charge is 2.19. The Balaban J connectivity index is 1.76. The molecule has 0 N–H and O–H groups in total. The van der Waals surface area contributed by atoms with Crippen molar-refractivity contribution in [3.05, 3.63) is 76.3 Å². The number of aromatic nitrogens is 5. The van der Waals surface area contributed by atoms with Crippen LogP contribution in [0.5, 0.6) is 0 Å². The molecule has 0 bridgehead atoms. The normalized spacial score (nSPS) is 11.7. The van der Waals surface area contributed by atoms with Gasteiger partial charge in [0.1, 0.15) is 17.2 Å². The average Bonchev–Trinajstić information content (AvgIpc) is 3.07. The second-order valence-electron chi connectivity index (χ2n) is 7.39. The van der Waals surface area contributed by atoms with E-state index in [0.717, 1.165) is 16.6 Å². The van der Waals surface area contributed by atoms with Crippen LogP contribution in [0.3, 0.4) is 0 Å². The molecule has 0 aliphatic heterocycles. The minimum Gasteiger partial charge on any atom is -0.383 e. The van der Waals surface area contributed by atoms with E-state index in [1.54, 1.807) is 18.0 Å². The van der Waals surface area contributed by atoms with E-state index < -0.39 is 0 Å². The van der Waals surface area contributed by atoms with Crippen LogP contribution in [0, 0.1) is 6.92 Å². The molecule has 0 atom stereocenters. The highest BCUT2D eigenvalue weighted by Crippen LogP contribution is 2.25. The van der Waals surface area contributed by atoms with Crippen molar-refractivity contribution in [2.24, 2.45) is 0 Å². The fourth-order valence-corrected chi connectivity index (χ4v) is 3.74. The Labute approximate surface area is 172 Å². The first kappa shape index (κ1) is 18.4. The Morgan fingerprint density at radius 3 is 2.43 bits per heavy atom. The lowest BCUT2D eigenvalue weighted by Gasteiger charge is -2.07. The Morgan fingerprint density at radius 1 is 0.967 bits per heavy atom. The fraction of sp³-hybridized carbons (Fsp3) is 0.217. The summed E-state index contributed by atoms with van der Waals surface area (Å²) < 4.78 is 8.81. The summed E-state index contributed by atoms with van der Waals surface area (Å²) in [6, 6.07) is 15.8. The summed E-state index contributed by atoms with van der Waals surface area (Å²) in [5.41, 5.74) is 5.46. The van der Waals surface area contributed by atoms with E-state index in [0.29, 0.717) is 41.9 Å². The van der Waals surface area contributed by atoms with Crippen LogP contribution in [0.4, 0.5) is 0 Å². The number of fused-ring (bicyclic) bond motifs is 4. The lowest BCUT2D eigenvalue weighted by atomic mass is 10.1. The molecule has 0 aliphatic carbocycles. The molecule has 0 amide bonds. The van der Waals surface area contributed by atoms with Crippen molar-refractivity contribution in [2.75, 3.05) is 13.7 Å². The van der Waals surface area contributed by atoms with Gasteiger partial charge in [0.05, 0.1) is 24.2 Å². The zero-order chi connectivity index (χ0) is 20.7. The minimum atomic E-state index is -0.119. The third-order valence-electron chi connectivity index (χ3n) is 5.31. The molecule has 0 unspecified atom stereocenters. The Bertz CT molecular complexity index is 1430. The largest absolute Gasteiger partial charge is 0.383 e. The number of nitrogens with zero attached hydrogens (tertiary/aromatic N) is 5. The molecule has 150 valence electrons. The van der Waals surface area contributed by atoms with E-state index in [1.807, 2.05) is 60.0 Å². The second kappa shape index (κ2) is 7.35. The van der Waals surface area contributed by atoms with Gasteiger partial charge in [-0.1, -0.05) is 42.0 Å². The predicted molar refractivity (Wildman–Crippen MR) is 117 cm³/mol. The number of hydrogen-bond acceptors (Lipinski definition) is 5. The van der Waals surface area contributed by atoms with Crippen LogP contribution in [-0.4, -0.2) is 37.8 Å². The van der Waals surface area contributed by atoms with Crippen LogP contribution in [-0.2, 0) is 17.8 Å². The van der Waals surface area contributed by atoms with Crippen LogP contribution in [0.25, 0.3) is 33.2 Å². The SMILES string of the molecule is COCCn1c2nc3ccccc3nc2c2c(=O)n(Cc3ccc(C)cc3)cnc21. The van der Waals surface area contributed by atoms with Crippen LogP contribution in [0.15, 0.2) is 59.7 Å². The topological polar surface area (TPSA) is 74.8 Å². The first-order valence-corrected chi connectivity index (χ1v) is 9.84. The molecule has 5 aromatic rings. The lowest BCUT2D eigenvalue weighted by Crippen LogP contribution is -2.21. The van der Waals surface area contributed by atoms with Crippen molar-refractivity contribution < 1.29 is 4.74 Å². The zero-order valence-corrected chi connectivity index (χ0v) is 16.9. The predicted octanol–water partition coefficient (Wildman–Crippen LogP) is 3.30. The van der Waals surface area contributed by atoms with Gasteiger partial charge in [-0.3, -0.25) is 9.36 Å². The van der Waals surface area contributed by atoms with Gasteiger partial charge in [0, 0.05) is 13.7 Å². The number of para-hydroxylation sites is 2. The van der Waals surface area contributed by atoms with Crippen molar-refractivity contribution >= 4 is 33.2 Å². The Morgan fingerprint density at radius 2 is 1.70 bits per heavy atom. The van der Waals surface area contributed by atoms with Gasteiger partial charge < -0.3 is 9.30 Å². The summed E-state index contributed by atoms with van der Waals surface area (Å²) in [5, 5.41) is 0.494. The van der Waals surface area contributed by atoms with Crippen LogP contribution in [0.2, 0.25) is 0 Å². The van der Waals surface area contributed by atoms with Crippen molar-refractivity contribution in [3.8, 4) is 0 Å². The third kappa shape index (κ3) is 3.04. The van der Waals surface area contributed by atoms with Crippen molar-refractivity contribution in [1.29, 1.82) is 0 Å². The highest BCUT2D eigenvalue weighted by molar-refractivity contribution is 6.04. The van der Waals surface area contributed by atoms with Crippen LogP contribution in [0.1, 0.15) is 11.1 Å². The van der Waals surface area contributed by atoms with Crippen LogP contribution < -0.4 is 5.56 Å². The molecule has 5 rings (SSSR count). The van der Waals surface area contributed by atoms with E-state index >= 15 is 0 Å². The van der Waals surface area contributed by atoms with Gasteiger partial charge >= 0.3 is 0 Å². The van der Waals surface area contributed by atoms with E-state index in [1.165, 1.54) is 5.56 Å². The zero-order valence-electron chi connectivity index (χ0n) is 16.9. The number of methoxy groups -OCH3 is 1. The van der Waals surface area contributed by atoms with Crippen molar-refractivity contribution in [1.82, 2.24) is 24.1 Å². The first-order chi connectivity index (χ1) is 14.7. The number of benzene rings is 2. The minimum absolute atomic E-state index is 0.119. The van der Waals surface area contributed by atoms with E-state index in [9.17, 15) is 4.79 Å². The van der Waals surface area contributed by atoms with E-state index in [4.69, 9.17) is 14.7 Å². The van der Waals surface area contributed by atoms with E-state index in [-0.39, 0.29) is 5.56 Å². The van der Waals surface area contributed by atoms with Gasteiger partial charge in [-0.05, 0) is 24.6 Å². The summed E-state index contributed by atoms with van der Waals surface area (Å²) in [6.45, 7) is 3.52. The summed E-state index contributed by atoms with van der Waals surface area (Å²) in [4.78, 5) is 27.6. The average molecular weight is 399 g/mol. The standard InChI is InChI=1S/C23H21N5O2/c1-15-7-9-16(10-8-15)13-27-14-24-21-19(23(27)29)20-22(28(21)11-12-30-2)26-18-6-4-3-5-17(18)25-20/h3-10,14H,11-13H2,1-2H3. The Kier molecular flexibility index (Phi) is 4.52. The molecular formula is C23H21N5O2. The monoisotopic (exact) mass is 399 g/mol. The highest BCUT2D eigenvalue weighted by atomic mass is 16.5. The molecule has 0 saturated heterocycles. The maximum Gasteiger partial charge on any atom is 0.265 e. The third-order valence-corrected chi connectivity index (χ3v) is 5.31. The van der Waals surface area contributed by atoms with Crippen LogP contribution >= 0.6 is 0 Å². The molecule has 7 nitrogen and oxygen atoms in total. The fourth-order valence-electron chi connectivity index (χ4n) is 3.74. The molecule has 0 radical (unpaired) electrons. The molecular weight excluding hydrogens is 378 g/mol. The number of rotatable bonds is 5. The first-order valence-electron chi connectivity index (χ1n) is 9.84. The number of hydrogen-bond donors (Lipinski definition) is 0. The molecule has 0 saturated carbocycles. The summed E-state index contributed by atoms with van der Waals surface area (Å²) in [6.07, 6.45) is 1.60. The molecule has 0 fully saturated rings. The van der Waals surface area contributed by atoms with Crippen molar-refractivity contribution in [2.45, 2.75) is 20.0 Å². The smallest absolute Gasteiger partial charge is 0.265 e. The molecule has 30 heavy (non-hydrogen) atoms.